The summed E-state index contributed by atoms with van der Waals surface area (Å²) in [5.74, 6) is 0.237. The van der Waals surface area contributed by atoms with Crippen molar-refractivity contribution in [1.29, 1.82) is 0 Å². The molecule has 112 valence electrons. The van der Waals surface area contributed by atoms with Gasteiger partial charge in [0.1, 0.15) is 5.82 Å². The molecule has 0 saturated heterocycles. The molecule has 0 fully saturated rings. The Kier molecular flexibility index (Phi) is 5.32. The molecule has 0 spiro atoms. The van der Waals surface area contributed by atoms with Gasteiger partial charge in [0.2, 0.25) is 0 Å². The van der Waals surface area contributed by atoms with Crippen LogP contribution in [0.5, 0.6) is 5.75 Å². The maximum absolute atomic E-state index is 12.8. The molecule has 5 heteroatoms. The number of rotatable bonds is 5. The number of hydrogen-bond donors (Lipinski definition) is 1. The van der Waals surface area contributed by atoms with E-state index in [4.69, 9.17) is 27.9 Å². The van der Waals surface area contributed by atoms with Gasteiger partial charge in [-0.25, -0.2) is 4.39 Å². The fraction of sp³-hybridized carbons (Fsp3) is 0.250. The Balaban J connectivity index is 2.09. The Morgan fingerprint density at radius 2 is 1.67 bits per heavy atom. The molecule has 0 aliphatic heterocycles. The highest BCUT2D eigenvalue weighted by Crippen LogP contribution is 2.35. The Hall–Kier alpha value is -1.45. The first-order valence-electron chi connectivity index (χ1n) is 6.59. The Labute approximate surface area is 133 Å². The van der Waals surface area contributed by atoms with Crippen molar-refractivity contribution in [2.24, 2.45) is 0 Å². The minimum atomic E-state index is -0.262. The fourth-order valence-corrected chi connectivity index (χ4v) is 2.46. The summed E-state index contributed by atoms with van der Waals surface area (Å²) in [7, 11) is 0. The highest BCUT2D eigenvalue weighted by molar-refractivity contribution is 6.37. The normalized spacial score (nSPS) is 10.8. The zero-order chi connectivity index (χ0) is 15.4. The van der Waals surface area contributed by atoms with Crippen molar-refractivity contribution in [3.8, 4) is 5.75 Å². The lowest BCUT2D eigenvalue weighted by Crippen LogP contribution is -2.07. The highest BCUT2D eigenvalue weighted by atomic mass is 35.5. The van der Waals surface area contributed by atoms with Gasteiger partial charge in [0.05, 0.1) is 16.1 Å². The summed E-state index contributed by atoms with van der Waals surface area (Å²) in [6.45, 7) is 4.36. The van der Waals surface area contributed by atoms with Crippen molar-refractivity contribution in [3.63, 3.8) is 0 Å². The quantitative estimate of drug-likeness (QED) is 0.779. The number of nitrogens with one attached hydrogen (secondary N) is 1. The Morgan fingerprint density at radius 3 is 2.19 bits per heavy atom. The number of hydrogen-bond acceptors (Lipinski definition) is 2. The van der Waals surface area contributed by atoms with Crippen molar-refractivity contribution in [2.75, 3.05) is 5.32 Å². The molecule has 0 bridgehead atoms. The van der Waals surface area contributed by atoms with Crippen LogP contribution in [0.15, 0.2) is 36.4 Å². The second-order valence-electron chi connectivity index (χ2n) is 4.92. The smallest absolute Gasteiger partial charge is 0.156 e. The molecule has 0 heterocycles. The molecule has 0 amide bonds. The van der Waals surface area contributed by atoms with E-state index in [1.807, 2.05) is 26.0 Å². The van der Waals surface area contributed by atoms with Crippen LogP contribution in [-0.4, -0.2) is 6.10 Å². The van der Waals surface area contributed by atoms with Crippen molar-refractivity contribution in [3.05, 3.63) is 57.8 Å². The van der Waals surface area contributed by atoms with Crippen molar-refractivity contribution >= 4 is 28.9 Å². The lowest BCUT2D eigenvalue weighted by molar-refractivity contribution is 0.242. The molecule has 2 nitrogen and oxygen atoms in total. The van der Waals surface area contributed by atoms with Crippen molar-refractivity contribution in [2.45, 2.75) is 26.5 Å². The predicted octanol–water partition coefficient (Wildman–Crippen LogP) is 5.53. The van der Waals surface area contributed by atoms with Gasteiger partial charge in [-0.1, -0.05) is 23.2 Å². The molecule has 21 heavy (non-hydrogen) atoms. The van der Waals surface area contributed by atoms with E-state index in [-0.39, 0.29) is 11.9 Å². The van der Waals surface area contributed by atoms with Crippen LogP contribution in [0.1, 0.15) is 19.4 Å². The summed E-state index contributed by atoms with van der Waals surface area (Å²) in [5.41, 5.74) is 1.75. The largest absolute Gasteiger partial charge is 0.488 e. The van der Waals surface area contributed by atoms with E-state index >= 15 is 0 Å². The van der Waals surface area contributed by atoms with Gasteiger partial charge in [-0.15, -0.1) is 0 Å². The predicted molar refractivity (Wildman–Crippen MR) is 86.0 cm³/mol. The molecule has 0 radical (unpaired) electrons. The SMILES string of the molecule is CC(C)Oc1c(Cl)cc(CNc2ccc(F)cc2)cc1Cl. The van der Waals surface area contributed by atoms with E-state index in [1.54, 1.807) is 12.1 Å². The first-order valence-corrected chi connectivity index (χ1v) is 7.35. The minimum Gasteiger partial charge on any atom is -0.488 e. The van der Waals surface area contributed by atoms with E-state index in [9.17, 15) is 4.39 Å². The summed E-state index contributed by atoms with van der Waals surface area (Å²) in [4.78, 5) is 0. The summed E-state index contributed by atoms with van der Waals surface area (Å²) in [5, 5.41) is 4.14. The van der Waals surface area contributed by atoms with Crippen LogP contribution in [0.25, 0.3) is 0 Å². The van der Waals surface area contributed by atoms with E-state index in [0.717, 1.165) is 11.3 Å². The Bertz CT molecular complexity index is 591. The van der Waals surface area contributed by atoms with E-state index in [2.05, 4.69) is 5.32 Å². The summed E-state index contributed by atoms with van der Waals surface area (Å²) >= 11 is 12.4. The van der Waals surface area contributed by atoms with Gasteiger partial charge in [0.25, 0.3) is 0 Å². The fourth-order valence-electron chi connectivity index (χ4n) is 1.83. The third-order valence-corrected chi connectivity index (χ3v) is 3.31. The number of halogens is 3. The molecule has 0 unspecified atom stereocenters. The number of benzene rings is 2. The number of ether oxygens (including phenoxy) is 1. The molecular weight excluding hydrogens is 312 g/mol. The first-order chi connectivity index (χ1) is 9.95. The molecule has 0 aliphatic carbocycles. The standard InChI is InChI=1S/C16H16Cl2FNO/c1-10(2)21-16-14(17)7-11(8-15(16)18)9-20-13-5-3-12(19)4-6-13/h3-8,10,20H,9H2,1-2H3. The lowest BCUT2D eigenvalue weighted by Gasteiger charge is -2.15. The van der Waals surface area contributed by atoms with Gasteiger partial charge in [0, 0.05) is 12.2 Å². The van der Waals surface area contributed by atoms with Gasteiger partial charge in [0.15, 0.2) is 5.75 Å². The van der Waals surface area contributed by atoms with E-state index in [1.165, 1.54) is 12.1 Å². The molecule has 2 rings (SSSR count). The second-order valence-corrected chi connectivity index (χ2v) is 5.73. The molecule has 0 aromatic heterocycles. The highest BCUT2D eigenvalue weighted by Gasteiger charge is 2.11. The van der Waals surface area contributed by atoms with Crippen molar-refractivity contribution < 1.29 is 9.13 Å². The lowest BCUT2D eigenvalue weighted by atomic mass is 10.2. The van der Waals surface area contributed by atoms with Gasteiger partial charge >= 0.3 is 0 Å². The van der Waals surface area contributed by atoms with Gasteiger partial charge < -0.3 is 10.1 Å². The topological polar surface area (TPSA) is 21.3 Å². The molecule has 0 atom stereocenters. The molecule has 2 aromatic rings. The molecule has 0 aliphatic rings. The van der Waals surface area contributed by atoms with E-state index < -0.39 is 0 Å². The van der Waals surface area contributed by atoms with Gasteiger partial charge in [-0.2, -0.15) is 0 Å². The monoisotopic (exact) mass is 327 g/mol. The summed E-state index contributed by atoms with van der Waals surface area (Å²) < 4.78 is 18.4. The van der Waals surface area contributed by atoms with Crippen LogP contribution in [-0.2, 0) is 6.54 Å². The molecule has 1 N–H and O–H groups in total. The zero-order valence-corrected chi connectivity index (χ0v) is 13.3. The van der Waals surface area contributed by atoms with Crippen molar-refractivity contribution in [1.82, 2.24) is 0 Å². The van der Waals surface area contributed by atoms with E-state index in [0.29, 0.717) is 22.3 Å². The molecule has 2 aromatic carbocycles. The van der Waals surface area contributed by atoms with Gasteiger partial charge in [-0.05, 0) is 55.8 Å². The van der Waals surface area contributed by atoms with Gasteiger partial charge in [-0.3, -0.25) is 0 Å². The van der Waals surface area contributed by atoms with Crippen LogP contribution < -0.4 is 10.1 Å². The third kappa shape index (κ3) is 4.51. The average Bonchev–Trinajstić information content (AvgIpc) is 2.42. The maximum atomic E-state index is 12.8. The minimum absolute atomic E-state index is 0.00295. The number of anilines is 1. The van der Waals surface area contributed by atoms with Crippen LogP contribution in [0.3, 0.4) is 0 Å². The van der Waals surface area contributed by atoms with Crippen LogP contribution >= 0.6 is 23.2 Å². The molecule has 0 saturated carbocycles. The summed E-state index contributed by atoms with van der Waals surface area (Å²) in [6.07, 6.45) is 0.00295. The van der Waals surface area contributed by atoms with Crippen LogP contribution in [0, 0.1) is 5.82 Å². The average molecular weight is 328 g/mol. The summed E-state index contributed by atoms with van der Waals surface area (Å²) in [6, 6.07) is 9.77. The van der Waals surface area contributed by atoms with Crippen LogP contribution in [0.4, 0.5) is 10.1 Å². The zero-order valence-electron chi connectivity index (χ0n) is 11.8. The maximum Gasteiger partial charge on any atom is 0.156 e. The Morgan fingerprint density at radius 1 is 1.10 bits per heavy atom. The second kappa shape index (κ2) is 7.01. The first kappa shape index (κ1) is 15.9. The van der Waals surface area contributed by atoms with Crippen LogP contribution in [0.2, 0.25) is 10.0 Å². The third-order valence-electron chi connectivity index (χ3n) is 2.75. The molecular formula is C16H16Cl2FNO.